The smallest absolute Gasteiger partial charge is 0.368 e. The Hall–Kier alpha value is -1.90. The number of hydrogen-bond donors (Lipinski definition) is 0. The van der Waals surface area contributed by atoms with Crippen molar-refractivity contribution >= 4 is 5.69 Å². The minimum absolute atomic E-state index is 0.00768. The Morgan fingerprint density at radius 1 is 1.32 bits per heavy atom. The summed E-state index contributed by atoms with van der Waals surface area (Å²) in [5, 5.41) is 8.88. The van der Waals surface area contributed by atoms with Gasteiger partial charge in [-0.3, -0.25) is 0 Å². The molecule has 1 aromatic carbocycles. The highest BCUT2D eigenvalue weighted by molar-refractivity contribution is 5.50. The fourth-order valence-corrected chi connectivity index (χ4v) is 2.22. The molecule has 102 valence electrons. The first-order valence-electron chi connectivity index (χ1n) is 6.00. The summed E-state index contributed by atoms with van der Waals surface area (Å²) in [5.74, 6) is 0. The van der Waals surface area contributed by atoms with E-state index >= 15 is 0 Å². The van der Waals surface area contributed by atoms with Gasteiger partial charge in [-0.2, -0.15) is 18.4 Å². The summed E-state index contributed by atoms with van der Waals surface area (Å²) in [4.78, 5) is 3.53. The van der Waals surface area contributed by atoms with Crippen molar-refractivity contribution in [1.29, 1.82) is 5.26 Å². The van der Waals surface area contributed by atoms with Crippen LogP contribution in [0.4, 0.5) is 18.9 Å². The quantitative estimate of drug-likeness (QED) is 0.734. The second kappa shape index (κ2) is 5.00. The van der Waals surface area contributed by atoms with Gasteiger partial charge in [0.25, 0.3) is 0 Å². The molecule has 0 aliphatic carbocycles. The number of anilines is 1. The van der Waals surface area contributed by atoms with E-state index < -0.39 is 11.7 Å². The van der Waals surface area contributed by atoms with E-state index in [1.54, 1.807) is 11.0 Å². The van der Waals surface area contributed by atoms with Gasteiger partial charge in [0.1, 0.15) is 0 Å². The van der Waals surface area contributed by atoms with Crippen LogP contribution in [0.15, 0.2) is 24.3 Å². The molecule has 6 heteroatoms. The van der Waals surface area contributed by atoms with E-state index in [2.05, 4.69) is 6.19 Å². The summed E-state index contributed by atoms with van der Waals surface area (Å²) in [6.45, 7) is 3.53. The van der Waals surface area contributed by atoms with Crippen LogP contribution in [-0.4, -0.2) is 30.6 Å². The third-order valence-corrected chi connectivity index (χ3v) is 3.29. The summed E-state index contributed by atoms with van der Waals surface area (Å²) >= 11 is 0. The molecule has 1 aliphatic heterocycles. The van der Waals surface area contributed by atoms with Crippen molar-refractivity contribution in [3.63, 3.8) is 0 Å². The van der Waals surface area contributed by atoms with Crippen LogP contribution >= 0.6 is 0 Å². The van der Waals surface area contributed by atoms with Crippen molar-refractivity contribution in [2.24, 2.45) is 0 Å². The summed E-state index contributed by atoms with van der Waals surface area (Å²) in [6, 6.07) is 5.32. The predicted octanol–water partition coefficient (Wildman–Crippen LogP) is 2.70. The van der Waals surface area contributed by atoms with E-state index in [9.17, 15) is 13.2 Å². The maximum absolute atomic E-state index is 12.7. The van der Waals surface area contributed by atoms with E-state index in [-0.39, 0.29) is 6.04 Å². The molecule has 1 heterocycles. The van der Waals surface area contributed by atoms with E-state index in [1.807, 2.05) is 11.8 Å². The second-order valence-electron chi connectivity index (χ2n) is 4.64. The van der Waals surface area contributed by atoms with Crippen molar-refractivity contribution in [3.8, 4) is 6.19 Å². The summed E-state index contributed by atoms with van der Waals surface area (Å²) in [5.41, 5.74) is -0.0837. The van der Waals surface area contributed by atoms with Gasteiger partial charge in [0.05, 0.1) is 11.6 Å². The number of piperazine rings is 1. The average Bonchev–Trinajstić information content (AvgIpc) is 2.38. The molecule has 0 saturated carbocycles. The van der Waals surface area contributed by atoms with Crippen molar-refractivity contribution < 1.29 is 13.2 Å². The fraction of sp³-hybridized carbons (Fsp3) is 0.462. The third kappa shape index (κ3) is 2.92. The van der Waals surface area contributed by atoms with Crippen molar-refractivity contribution in [1.82, 2.24) is 4.90 Å². The van der Waals surface area contributed by atoms with Gasteiger partial charge in [-0.15, -0.1) is 0 Å². The molecule has 1 aromatic rings. The molecule has 0 aromatic heterocycles. The Bertz CT molecular complexity index is 493. The molecule has 1 fully saturated rings. The molecule has 0 radical (unpaired) electrons. The van der Waals surface area contributed by atoms with Crippen LogP contribution in [0.1, 0.15) is 12.5 Å². The maximum atomic E-state index is 12.7. The average molecular weight is 269 g/mol. The standard InChI is InChI=1S/C13H14F3N3/c1-10-8-18(5-6-19(10)9-17)12-4-2-3-11(7-12)13(14,15)16/h2-4,7,10H,5-6,8H2,1H3. The highest BCUT2D eigenvalue weighted by atomic mass is 19.4. The van der Waals surface area contributed by atoms with E-state index in [0.717, 1.165) is 12.1 Å². The topological polar surface area (TPSA) is 30.3 Å². The van der Waals surface area contributed by atoms with Gasteiger partial charge in [0, 0.05) is 25.3 Å². The highest BCUT2D eigenvalue weighted by Crippen LogP contribution is 2.32. The van der Waals surface area contributed by atoms with Gasteiger partial charge in [-0.1, -0.05) is 6.07 Å². The molecule has 1 unspecified atom stereocenters. The molecular formula is C13H14F3N3. The molecule has 3 nitrogen and oxygen atoms in total. The Morgan fingerprint density at radius 3 is 2.63 bits per heavy atom. The number of nitriles is 1. The van der Waals surface area contributed by atoms with Crippen molar-refractivity contribution in [3.05, 3.63) is 29.8 Å². The van der Waals surface area contributed by atoms with Gasteiger partial charge in [-0.25, -0.2) is 0 Å². The number of hydrogen-bond acceptors (Lipinski definition) is 3. The fourth-order valence-electron chi connectivity index (χ4n) is 2.22. The Kier molecular flexibility index (Phi) is 3.56. The monoisotopic (exact) mass is 269 g/mol. The lowest BCUT2D eigenvalue weighted by molar-refractivity contribution is -0.137. The second-order valence-corrected chi connectivity index (χ2v) is 4.64. The Labute approximate surface area is 109 Å². The number of rotatable bonds is 1. The SMILES string of the molecule is CC1CN(c2cccc(C(F)(F)F)c2)CCN1C#N. The number of benzene rings is 1. The Morgan fingerprint density at radius 2 is 2.05 bits per heavy atom. The molecule has 2 rings (SSSR count). The summed E-state index contributed by atoms with van der Waals surface area (Å²) < 4.78 is 38.0. The minimum atomic E-state index is -4.32. The Balaban J connectivity index is 2.18. The molecule has 0 spiro atoms. The van der Waals surface area contributed by atoms with Crippen LogP contribution < -0.4 is 4.90 Å². The highest BCUT2D eigenvalue weighted by Gasteiger charge is 2.31. The summed E-state index contributed by atoms with van der Waals surface area (Å²) in [7, 11) is 0. The van der Waals surface area contributed by atoms with Crippen molar-refractivity contribution in [2.45, 2.75) is 19.1 Å². The lowest BCUT2D eigenvalue weighted by Crippen LogP contribution is -2.49. The number of nitrogens with zero attached hydrogens (tertiary/aromatic N) is 3. The number of alkyl halides is 3. The maximum Gasteiger partial charge on any atom is 0.416 e. The third-order valence-electron chi connectivity index (χ3n) is 3.29. The molecule has 0 amide bonds. The predicted molar refractivity (Wildman–Crippen MR) is 65.4 cm³/mol. The first kappa shape index (κ1) is 13.5. The first-order chi connectivity index (χ1) is 8.91. The van der Waals surface area contributed by atoms with E-state index in [1.165, 1.54) is 6.07 Å². The van der Waals surface area contributed by atoms with Crippen LogP contribution in [-0.2, 0) is 6.18 Å². The van der Waals surface area contributed by atoms with Gasteiger partial charge < -0.3 is 9.80 Å². The van der Waals surface area contributed by atoms with Crippen LogP contribution in [0.25, 0.3) is 0 Å². The molecule has 1 saturated heterocycles. The zero-order valence-corrected chi connectivity index (χ0v) is 10.5. The normalized spacial score (nSPS) is 20.3. The van der Waals surface area contributed by atoms with Crippen LogP contribution in [0.2, 0.25) is 0 Å². The van der Waals surface area contributed by atoms with Gasteiger partial charge >= 0.3 is 6.18 Å². The van der Waals surface area contributed by atoms with Gasteiger partial charge in [-0.05, 0) is 25.1 Å². The van der Waals surface area contributed by atoms with Crippen LogP contribution in [0.3, 0.4) is 0 Å². The lowest BCUT2D eigenvalue weighted by Gasteiger charge is -2.38. The van der Waals surface area contributed by atoms with E-state index in [4.69, 9.17) is 5.26 Å². The summed E-state index contributed by atoms with van der Waals surface area (Å²) in [6.07, 6.45) is -2.24. The van der Waals surface area contributed by atoms with Gasteiger partial charge in [0.2, 0.25) is 0 Å². The molecule has 0 N–H and O–H groups in total. The van der Waals surface area contributed by atoms with Gasteiger partial charge in [0.15, 0.2) is 6.19 Å². The van der Waals surface area contributed by atoms with E-state index in [0.29, 0.717) is 25.3 Å². The lowest BCUT2D eigenvalue weighted by atomic mass is 10.1. The largest absolute Gasteiger partial charge is 0.416 e. The van der Waals surface area contributed by atoms with Crippen LogP contribution in [0.5, 0.6) is 0 Å². The zero-order chi connectivity index (χ0) is 14.0. The number of halogens is 3. The molecule has 1 atom stereocenters. The minimum Gasteiger partial charge on any atom is -0.368 e. The zero-order valence-electron chi connectivity index (χ0n) is 10.5. The van der Waals surface area contributed by atoms with Crippen molar-refractivity contribution in [2.75, 3.05) is 24.5 Å². The first-order valence-corrected chi connectivity index (χ1v) is 6.00. The molecule has 0 bridgehead atoms. The molecular weight excluding hydrogens is 255 g/mol. The van der Waals surface area contributed by atoms with Crippen LogP contribution in [0, 0.1) is 11.5 Å². The molecule has 1 aliphatic rings. The molecule has 19 heavy (non-hydrogen) atoms.